The minimum Gasteiger partial charge on any atom is -0.383 e. The number of halogens is 1. The van der Waals surface area contributed by atoms with Gasteiger partial charge in [0.25, 0.3) is 0 Å². The van der Waals surface area contributed by atoms with Crippen LogP contribution < -0.4 is 5.32 Å². The number of hydrogen-bond acceptors (Lipinski definition) is 2. The first-order valence-electron chi connectivity index (χ1n) is 6.23. The van der Waals surface area contributed by atoms with Crippen LogP contribution in [0.4, 0.5) is 0 Å². The molecule has 2 nitrogen and oxygen atoms in total. The minimum atomic E-state index is 0.491. The van der Waals surface area contributed by atoms with Crippen LogP contribution in [0.5, 0.6) is 0 Å². The average Bonchev–Trinajstić information content (AvgIpc) is 2.34. The molecule has 0 aromatic heterocycles. The van der Waals surface area contributed by atoms with Crippen LogP contribution >= 0.6 is 11.6 Å². The molecule has 0 aliphatic rings. The molecule has 0 amide bonds. The van der Waals surface area contributed by atoms with Gasteiger partial charge in [0.15, 0.2) is 0 Å². The predicted molar refractivity (Wildman–Crippen MR) is 73.8 cm³/mol. The Kier molecular flexibility index (Phi) is 7.25. The third-order valence-electron chi connectivity index (χ3n) is 2.86. The van der Waals surface area contributed by atoms with Crippen molar-refractivity contribution in [3.63, 3.8) is 0 Å². The topological polar surface area (TPSA) is 21.3 Å². The van der Waals surface area contributed by atoms with Crippen molar-refractivity contribution in [2.24, 2.45) is 0 Å². The molecule has 0 radical (unpaired) electrons. The normalized spacial score (nSPS) is 12.6. The quantitative estimate of drug-likeness (QED) is 0.719. The Morgan fingerprint density at radius 2 is 2.12 bits per heavy atom. The fourth-order valence-electron chi connectivity index (χ4n) is 1.97. The first-order chi connectivity index (χ1) is 8.29. The van der Waals surface area contributed by atoms with E-state index in [4.69, 9.17) is 16.3 Å². The third kappa shape index (κ3) is 5.07. The summed E-state index contributed by atoms with van der Waals surface area (Å²) in [7, 11) is 1.72. The molecule has 96 valence electrons. The molecule has 3 heteroatoms. The zero-order valence-electron chi connectivity index (χ0n) is 10.7. The van der Waals surface area contributed by atoms with Crippen LogP contribution in [0.25, 0.3) is 0 Å². The molecule has 1 aromatic carbocycles. The van der Waals surface area contributed by atoms with Crippen molar-refractivity contribution in [3.8, 4) is 0 Å². The molecule has 0 bridgehead atoms. The van der Waals surface area contributed by atoms with E-state index in [2.05, 4.69) is 24.4 Å². The summed E-state index contributed by atoms with van der Waals surface area (Å²) < 4.78 is 5.02. The SMILES string of the molecule is CCCC(CNCCOC)c1ccccc1Cl. The highest BCUT2D eigenvalue weighted by Crippen LogP contribution is 2.27. The standard InChI is InChI=1S/C14H22ClNO/c1-3-6-12(11-16-9-10-17-2)13-7-4-5-8-14(13)15/h4-5,7-8,12,16H,3,6,9-11H2,1-2H3. The Morgan fingerprint density at radius 3 is 2.76 bits per heavy atom. The van der Waals surface area contributed by atoms with Gasteiger partial charge in [0.05, 0.1) is 6.61 Å². The highest BCUT2D eigenvalue weighted by Gasteiger charge is 2.12. The Morgan fingerprint density at radius 1 is 1.35 bits per heavy atom. The van der Waals surface area contributed by atoms with Gasteiger partial charge in [0, 0.05) is 25.2 Å². The molecule has 1 N–H and O–H groups in total. The van der Waals surface area contributed by atoms with Crippen LogP contribution in [0, 0.1) is 0 Å². The lowest BCUT2D eigenvalue weighted by molar-refractivity contribution is 0.198. The van der Waals surface area contributed by atoms with Gasteiger partial charge >= 0.3 is 0 Å². The summed E-state index contributed by atoms with van der Waals surface area (Å²) in [5.41, 5.74) is 1.25. The molecule has 0 saturated carbocycles. The van der Waals surface area contributed by atoms with E-state index in [1.54, 1.807) is 7.11 Å². The second-order valence-corrected chi connectivity index (χ2v) is 4.61. The molecule has 0 saturated heterocycles. The molecule has 1 aromatic rings. The van der Waals surface area contributed by atoms with Gasteiger partial charge in [-0.15, -0.1) is 0 Å². The molecule has 0 spiro atoms. The van der Waals surface area contributed by atoms with E-state index in [9.17, 15) is 0 Å². The van der Waals surface area contributed by atoms with E-state index >= 15 is 0 Å². The fraction of sp³-hybridized carbons (Fsp3) is 0.571. The lowest BCUT2D eigenvalue weighted by atomic mass is 9.94. The molecule has 0 aliphatic carbocycles. The molecule has 17 heavy (non-hydrogen) atoms. The van der Waals surface area contributed by atoms with Crippen molar-refractivity contribution in [3.05, 3.63) is 34.9 Å². The van der Waals surface area contributed by atoms with Crippen molar-refractivity contribution >= 4 is 11.6 Å². The summed E-state index contributed by atoms with van der Waals surface area (Å²) in [6.45, 7) is 4.81. The smallest absolute Gasteiger partial charge is 0.0587 e. The average molecular weight is 256 g/mol. The summed E-state index contributed by atoms with van der Waals surface area (Å²) >= 11 is 6.24. The number of ether oxygens (including phenoxy) is 1. The van der Waals surface area contributed by atoms with Crippen molar-refractivity contribution in [1.29, 1.82) is 0 Å². The van der Waals surface area contributed by atoms with Crippen molar-refractivity contribution in [2.75, 3.05) is 26.8 Å². The largest absolute Gasteiger partial charge is 0.383 e. The van der Waals surface area contributed by atoms with E-state index in [0.717, 1.165) is 31.1 Å². The van der Waals surface area contributed by atoms with Crippen LogP contribution in [0.3, 0.4) is 0 Å². The number of hydrogen-bond donors (Lipinski definition) is 1. The fourth-order valence-corrected chi connectivity index (χ4v) is 2.26. The summed E-state index contributed by atoms with van der Waals surface area (Å²) in [6.07, 6.45) is 2.32. The van der Waals surface area contributed by atoms with E-state index in [1.165, 1.54) is 12.0 Å². The maximum Gasteiger partial charge on any atom is 0.0587 e. The highest BCUT2D eigenvalue weighted by molar-refractivity contribution is 6.31. The van der Waals surface area contributed by atoms with Gasteiger partial charge in [-0.2, -0.15) is 0 Å². The van der Waals surface area contributed by atoms with Crippen molar-refractivity contribution in [2.45, 2.75) is 25.7 Å². The Bertz CT molecular complexity index is 317. The van der Waals surface area contributed by atoms with Crippen LogP contribution in [0.2, 0.25) is 5.02 Å². The van der Waals surface area contributed by atoms with E-state index in [1.807, 2.05) is 12.1 Å². The summed E-state index contributed by atoms with van der Waals surface area (Å²) in [4.78, 5) is 0. The van der Waals surface area contributed by atoms with E-state index in [-0.39, 0.29) is 0 Å². The summed E-state index contributed by atoms with van der Waals surface area (Å²) in [5.74, 6) is 0.491. The molecule has 0 heterocycles. The molecule has 1 rings (SSSR count). The Balaban J connectivity index is 2.56. The van der Waals surface area contributed by atoms with Crippen LogP contribution in [0.1, 0.15) is 31.2 Å². The van der Waals surface area contributed by atoms with E-state index in [0.29, 0.717) is 5.92 Å². The maximum absolute atomic E-state index is 6.24. The molecular weight excluding hydrogens is 234 g/mol. The van der Waals surface area contributed by atoms with Gasteiger partial charge in [-0.1, -0.05) is 43.1 Å². The number of nitrogens with one attached hydrogen (secondary N) is 1. The Labute approximate surface area is 109 Å². The molecule has 1 atom stereocenters. The zero-order chi connectivity index (χ0) is 12.5. The van der Waals surface area contributed by atoms with Crippen molar-refractivity contribution in [1.82, 2.24) is 5.32 Å². The summed E-state index contributed by atoms with van der Waals surface area (Å²) in [5, 5.41) is 4.29. The predicted octanol–water partition coefficient (Wildman–Crippen LogP) is 3.46. The molecule has 0 fully saturated rings. The van der Waals surface area contributed by atoms with Gasteiger partial charge < -0.3 is 10.1 Å². The first kappa shape index (κ1) is 14.5. The van der Waals surface area contributed by atoms with E-state index < -0.39 is 0 Å². The third-order valence-corrected chi connectivity index (χ3v) is 3.20. The lowest BCUT2D eigenvalue weighted by Crippen LogP contribution is -2.25. The van der Waals surface area contributed by atoms with Crippen LogP contribution in [-0.2, 0) is 4.74 Å². The van der Waals surface area contributed by atoms with Crippen LogP contribution in [-0.4, -0.2) is 26.8 Å². The number of methoxy groups -OCH3 is 1. The number of benzene rings is 1. The van der Waals surface area contributed by atoms with Crippen LogP contribution in [0.15, 0.2) is 24.3 Å². The maximum atomic E-state index is 6.24. The molecule has 1 unspecified atom stereocenters. The van der Waals surface area contributed by atoms with Gasteiger partial charge in [-0.25, -0.2) is 0 Å². The monoisotopic (exact) mass is 255 g/mol. The molecule has 0 aliphatic heterocycles. The Hall–Kier alpha value is -0.570. The van der Waals surface area contributed by atoms with Gasteiger partial charge in [0.2, 0.25) is 0 Å². The zero-order valence-corrected chi connectivity index (χ0v) is 11.5. The minimum absolute atomic E-state index is 0.491. The van der Waals surface area contributed by atoms with Crippen molar-refractivity contribution < 1.29 is 4.74 Å². The second kappa shape index (κ2) is 8.51. The lowest BCUT2D eigenvalue weighted by Gasteiger charge is -2.18. The summed E-state index contributed by atoms with van der Waals surface area (Å²) in [6, 6.07) is 8.13. The molecular formula is C14H22ClNO. The highest BCUT2D eigenvalue weighted by atomic mass is 35.5. The van der Waals surface area contributed by atoms with Gasteiger partial charge in [-0.3, -0.25) is 0 Å². The second-order valence-electron chi connectivity index (χ2n) is 4.20. The number of rotatable bonds is 8. The van der Waals surface area contributed by atoms with Gasteiger partial charge in [0.1, 0.15) is 0 Å². The van der Waals surface area contributed by atoms with Gasteiger partial charge in [-0.05, 0) is 24.0 Å². The first-order valence-corrected chi connectivity index (χ1v) is 6.61.